The first-order valence-corrected chi connectivity index (χ1v) is 33.2. The van der Waals surface area contributed by atoms with Gasteiger partial charge in [0.15, 0.2) is 17.1 Å². The van der Waals surface area contributed by atoms with E-state index >= 15 is 0 Å². The van der Waals surface area contributed by atoms with Gasteiger partial charge in [-0.1, -0.05) is 174 Å². The molecule has 3 aromatic heterocycles. The second-order valence-corrected chi connectivity index (χ2v) is 26.5. The van der Waals surface area contributed by atoms with Crippen LogP contribution < -0.4 is 58.1 Å². The maximum absolute atomic E-state index is 6.89. The average molecular weight is 1400 g/mol. The third-order valence-electron chi connectivity index (χ3n) is 20.2. The largest absolute Gasteiger partial charge is 0.478 e. The second kappa shape index (κ2) is 23.4. The molecule has 13 heteroatoms. The Morgan fingerprint density at radius 1 is 0.376 bits per heavy atom. The molecule has 93 heavy (non-hydrogen) atoms. The number of fused-ring (bicyclic) bond motifs is 5. The fourth-order valence-corrected chi connectivity index (χ4v) is 15.2. The van der Waals surface area contributed by atoms with Crippen LogP contribution in [-0.2, 0) is 58.6 Å². The monoisotopic (exact) mass is 1400 g/mol. The summed E-state index contributed by atoms with van der Waals surface area (Å²) < 4.78 is 5.74. The molecule has 0 saturated carbocycles. The molecule has 13 heterocycles. The minimum Gasteiger partial charge on any atom is -0.478 e. The van der Waals surface area contributed by atoms with E-state index in [0.29, 0.717) is 5.92 Å². The molecular weight excluding hydrogens is 1330 g/mol. The van der Waals surface area contributed by atoms with E-state index in [1.807, 2.05) is 14.2 Å². The van der Waals surface area contributed by atoms with Gasteiger partial charge in [0.05, 0.1) is 35.7 Å². The number of hydrogen-bond donors (Lipinski definition) is 0. The number of rotatable bonds is 3. The van der Waals surface area contributed by atoms with Gasteiger partial charge in [0.25, 0.3) is 0 Å². The molecule has 1 unspecified atom stereocenters. The van der Waals surface area contributed by atoms with Gasteiger partial charge < -0.3 is 29.4 Å². The third-order valence-corrected chi connectivity index (χ3v) is 20.2. The number of hydrogen-bond acceptors (Lipinski definition) is 9. The molecule has 16 bridgehead atoms. The zero-order chi connectivity index (χ0) is 61.1. The Bertz CT molecular complexity index is 4590. The summed E-state index contributed by atoms with van der Waals surface area (Å²) in [5.74, 6) is 5.65. The Labute approximate surface area is 559 Å². The van der Waals surface area contributed by atoms with Gasteiger partial charge in [-0.2, -0.15) is 18.2 Å². The molecule has 10 aromatic rings. The van der Waals surface area contributed by atoms with Gasteiger partial charge in [-0.15, -0.1) is 18.2 Å². The van der Waals surface area contributed by atoms with Gasteiger partial charge in [-0.25, -0.2) is 16.7 Å². The van der Waals surface area contributed by atoms with Crippen LogP contribution in [0.15, 0.2) is 164 Å². The van der Waals surface area contributed by atoms with Gasteiger partial charge in [-0.05, 0) is 184 Å². The summed E-state index contributed by atoms with van der Waals surface area (Å²) >= 11 is 0. The summed E-state index contributed by atoms with van der Waals surface area (Å²) in [5, 5.41) is 0. The van der Waals surface area contributed by atoms with Crippen molar-refractivity contribution in [2.24, 2.45) is 5.92 Å². The van der Waals surface area contributed by atoms with Crippen LogP contribution in [0, 0.1) is 64.9 Å². The van der Waals surface area contributed by atoms with Crippen LogP contribution in [0.3, 0.4) is 0 Å². The summed E-state index contributed by atoms with van der Waals surface area (Å²) in [7, 11) is 0. The summed E-state index contributed by atoms with van der Waals surface area (Å²) in [6.45, 7) is 15.9. The minimum atomic E-state index is 0. The van der Waals surface area contributed by atoms with Crippen molar-refractivity contribution in [3.8, 4) is 50.6 Å². The van der Waals surface area contributed by atoms with E-state index in [1.54, 1.807) is 0 Å². The van der Waals surface area contributed by atoms with E-state index in [-0.39, 0.29) is 20.1 Å². The van der Waals surface area contributed by atoms with E-state index < -0.39 is 0 Å². The summed E-state index contributed by atoms with van der Waals surface area (Å²) in [6.07, 6.45) is 18.8. The van der Waals surface area contributed by atoms with E-state index in [9.17, 15) is 0 Å². The summed E-state index contributed by atoms with van der Waals surface area (Å²) in [4.78, 5) is 35.0. The van der Waals surface area contributed by atoms with E-state index in [1.165, 1.54) is 66.8 Å². The van der Waals surface area contributed by atoms with Crippen molar-refractivity contribution in [2.45, 2.75) is 104 Å². The second-order valence-electron chi connectivity index (χ2n) is 26.5. The number of benzene rings is 7. The van der Waals surface area contributed by atoms with Crippen LogP contribution >= 0.6 is 0 Å². The fourth-order valence-electron chi connectivity index (χ4n) is 15.2. The smallest absolute Gasteiger partial charge is 0.227 e. The Morgan fingerprint density at radius 2 is 0.763 bits per heavy atom. The predicted molar refractivity (Wildman–Crippen MR) is 360 cm³/mol. The average Bonchev–Trinajstić information content (AvgIpc) is 1.64. The van der Waals surface area contributed by atoms with Crippen molar-refractivity contribution < 1.29 is 48.8 Å². The summed E-state index contributed by atoms with van der Waals surface area (Å²) in [5.41, 5.74) is 25.1. The van der Waals surface area contributed by atoms with Crippen LogP contribution in [0.4, 0.5) is 51.6 Å². The normalized spacial score (nSPS) is 17.4. The van der Waals surface area contributed by atoms with Crippen LogP contribution in [-0.4, -0.2) is 19.6 Å². The van der Waals surface area contributed by atoms with Crippen LogP contribution in [0.2, 0.25) is 0 Å². The Hall–Kier alpha value is -9.16. The molecule has 0 amide bonds. The molecule has 1 atom stereocenters. The van der Waals surface area contributed by atoms with Gasteiger partial charge in [0.1, 0.15) is 0 Å². The topological polar surface area (TPSA) is 58.8 Å². The summed E-state index contributed by atoms with van der Waals surface area (Å²) in [6, 6.07) is 66.1. The van der Waals surface area contributed by atoms with Crippen molar-refractivity contribution in [1.82, 2.24) is 0 Å². The Balaban J connectivity index is 0.00000660. The first kappa shape index (κ1) is 57.7. The van der Waals surface area contributed by atoms with Gasteiger partial charge in [0.2, 0.25) is 34.7 Å². The number of aryl methyl sites for hydroxylation is 9. The van der Waals surface area contributed by atoms with Crippen molar-refractivity contribution >= 4 is 51.6 Å². The maximum atomic E-state index is 6.89. The number of aromatic nitrogens is 3. The van der Waals surface area contributed by atoms with E-state index in [0.717, 1.165) is 189 Å². The molecule has 10 aliphatic heterocycles. The molecule has 0 spiro atoms. The van der Waals surface area contributed by atoms with Crippen molar-refractivity contribution in [3.05, 3.63) is 252 Å². The predicted octanol–water partition coefficient (Wildman–Crippen LogP) is 15.3. The maximum Gasteiger partial charge on any atom is 0.227 e. The Kier molecular flexibility index (Phi) is 14.5. The first-order chi connectivity index (χ1) is 45.2. The first-order valence-electron chi connectivity index (χ1n) is 33.2. The van der Waals surface area contributed by atoms with Crippen molar-refractivity contribution in [3.63, 3.8) is 0 Å². The number of pyridine rings is 3. The quantitative estimate of drug-likeness (QED) is 0.127. The van der Waals surface area contributed by atoms with Gasteiger partial charge in [-0.3, -0.25) is 14.5 Å². The molecule has 12 nitrogen and oxygen atoms in total. The van der Waals surface area contributed by atoms with Crippen LogP contribution in [0.25, 0.3) is 33.4 Å². The van der Waals surface area contributed by atoms with E-state index in [2.05, 4.69) is 253 Å². The number of nitrogens with zero attached hydrogens (tertiary/aromatic N) is 9. The SMILES string of the molecule is Cc1ccc(-c2cc3c4c(c2)N2[CH-]N4c4[c-]c(cc[n+]4O3)CCC3CCCc4[c-]c5[n+](cc4)Oc4cc(-c6ccc(C)cc6)cc6c4N5[CH-]N6CCCc4cc(ccc4CCCN4[CH-]N5c6c(cc(-c7ccc(C)cc7)cc64)O[n+]4ccc([c-]c45)CC3)CCC2)cc1.[Ir]. The number of anilines is 9. The molecule has 20 rings (SSSR count). The zero-order valence-corrected chi connectivity index (χ0v) is 55.2. The molecule has 0 fully saturated rings. The van der Waals surface area contributed by atoms with Crippen LogP contribution in [0.5, 0.6) is 17.2 Å². The van der Waals surface area contributed by atoms with Crippen LogP contribution in [0.1, 0.15) is 95.0 Å². The molecule has 0 aliphatic carbocycles. The fraction of sp³-hybridized carbons (Fsp3) is 0.250. The standard InChI is InChI=1S/C80H72N9O3.Ir/c1-53-13-24-62(25-14-53)66-44-69-78-72(47-66)91-88-38-32-59-21-19-56-8-4-9-58-31-37-87-75(41-58)84-52-83(71-46-68(48-73(90-87)79(71)84)64-28-17-55(3)18-29-64)36-7-12-65-40-57(10-5-34-81(69)50-85(78)76(88)42-59)23-30-61(65)11-6-35-82-51-86-77-43-60(22-20-56)33-39-89(77)92-74-49-67(45-70(82)80(74)86)63-26-15-54(2)16-27-63;/h13-18,23-33,37-40,44-52,56H,4-12,19-22,34-36H2,1-3H3;/q-3;. The van der Waals surface area contributed by atoms with Crippen molar-refractivity contribution in [2.75, 3.05) is 49.0 Å². The minimum absolute atomic E-state index is 0. The van der Waals surface area contributed by atoms with Crippen molar-refractivity contribution in [1.29, 1.82) is 0 Å². The Morgan fingerprint density at radius 3 is 1.18 bits per heavy atom. The zero-order valence-electron chi connectivity index (χ0n) is 52.8. The molecule has 1 radical (unpaired) electrons. The van der Waals surface area contributed by atoms with Gasteiger partial charge in [0, 0.05) is 20.1 Å². The molecule has 10 aliphatic rings. The van der Waals surface area contributed by atoms with E-state index in [4.69, 9.17) is 14.5 Å². The molecule has 467 valence electrons. The molecule has 0 N–H and O–H groups in total. The molecular formula is C80H72IrN9O3-3. The molecule has 7 aromatic carbocycles. The molecule has 0 saturated heterocycles. The third kappa shape index (κ3) is 10.5. The van der Waals surface area contributed by atoms with Gasteiger partial charge >= 0.3 is 0 Å².